The van der Waals surface area contributed by atoms with Crippen LogP contribution in [0.4, 0.5) is 0 Å². The van der Waals surface area contributed by atoms with E-state index >= 15 is 0 Å². The molecule has 8 heteroatoms. The monoisotopic (exact) mass is 407 g/mol. The standard InChI is InChI=1S/C20H14ClN5OS/c1-2-15-17(12-4-3-5-13(21)10-12)18-23-11-14-16(26(18)24-15)6-8-25(19(14)27)20-22-7-9-28-20/h3-11H,2H2,1H3. The third-order valence-corrected chi connectivity index (χ3v) is 5.66. The maximum atomic E-state index is 13.0. The van der Waals surface area contributed by atoms with Crippen LogP contribution in [-0.4, -0.2) is 24.1 Å². The van der Waals surface area contributed by atoms with Gasteiger partial charge in [-0.25, -0.2) is 14.5 Å². The Morgan fingerprint density at radius 2 is 2.11 bits per heavy atom. The molecule has 0 fully saturated rings. The lowest BCUT2D eigenvalue weighted by atomic mass is 10.0. The van der Waals surface area contributed by atoms with Crippen LogP contribution in [-0.2, 0) is 6.42 Å². The molecule has 5 aromatic rings. The van der Waals surface area contributed by atoms with Gasteiger partial charge < -0.3 is 0 Å². The second kappa shape index (κ2) is 6.54. The maximum Gasteiger partial charge on any atom is 0.267 e. The predicted octanol–water partition coefficient (Wildman–Crippen LogP) is 4.37. The average Bonchev–Trinajstić information content (AvgIpc) is 3.35. The van der Waals surface area contributed by atoms with E-state index in [-0.39, 0.29) is 5.56 Å². The summed E-state index contributed by atoms with van der Waals surface area (Å²) < 4.78 is 3.28. The predicted molar refractivity (Wildman–Crippen MR) is 112 cm³/mol. The first-order valence-corrected chi connectivity index (χ1v) is 10.0. The zero-order chi connectivity index (χ0) is 19.3. The summed E-state index contributed by atoms with van der Waals surface area (Å²) in [6, 6.07) is 9.53. The molecule has 6 nitrogen and oxygen atoms in total. The fourth-order valence-corrected chi connectivity index (χ4v) is 4.20. The molecule has 0 saturated heterocycles. The Kier molecular flexibility index (Phi) is 3.99. The number of aryl methyl sites for hydroxylation is 1. The molecule has 1 aromatic carbocycles. The topological polar surface area (TPSA) is 65.1 Å². The maximum absolute atomic E-state index is 13.0. The van der Waals surface area contributed by atoms with Crippen molar-refractivity contribution in [3.63, 3.8) is 0 Å². The van der Waals surface area contributed by atoms with Gasteiger partial charge in [-0.05, 0) is 30.2 Å². The van der Waals surface area contributed by atoms with Gasteiger partial charge in [-0.3, -0.25) is 9.36 Å². The molecule has 5 rings (SSSR count). The first-order chi connectivity index (χ1) is 13.7. The number of halogens is 1. The van der Waals surface area contributed by atoms with E-state index in [1.807, 2.05) is 42.6 Å². The molecule has 0 N–H and O–H groups in total. The average molecular weight is 408 g/mol. The summed E-state index contributed by atoms with van der Waals surface area (Å²) in [6.07, 6.45) is 5.76. The highest BCUT2D eigenvalue weighted by atomic mass is 35.5. The van der Waals surface area contributed by atoms with Crippen LogP contribution in [0.1, 0.15) is 12.6 Å². The van der Waals surface area contributed by atoms with Gasteiger partial charge in [0.1, 0.15) is 0 Å². The molecule has 0 aliphatic heterocycles. The van der Waals surface area contributed by atoms with Gasteiger partial charge in [-0.15, -0.1) is 11.3 Å². The summed E-state index contributed by atoms with van der Waals surface area (Å²) in [7, 11) is 0. The third-order valence-electron chi connectivity index (χ3n) is 4.66. The van der Waals surface area contributed by atoms with Crippen LogP contribution in [0.25, 0.3) is 32.8 Å². The minimum Gasteiger partial charge on any atom is -0.268 e. The summed E-state index contributed by atoms with van der Waals surface area (Å²) in [5.74, 6) is 0. The van der Waals surface area contributed by atoms with E-state index in [4.69, 9.17) is 16.7 Å². The Balaban J connectivity index is 1.82. The molecular formula is C20H14ClN5OS. The number of benzene rings is 1. The van der Waals surface area contributed by atoms with Gasteiger partial charge in [0.05, 0.1) is 16.6 Å². The first kappa shape index (κ1) is 17.1. The lowest BCUT2D eigenvalue weighted by Crippen LogP contribution is -2.18. The lowest BCUT2D eigenvalue weighted by Gasteiger charge is -2.06. The van der Waals surface area contributed by atoms with E-state index in [0.717, 1.165) is 23.2 Å². The van der Waals surface area contributed by atoms with Crippen molar-refractivity contribution in [1.29, 1.82) is 0 Å². The Hall–Kier alpha value is -3.03. The van der Waals surface area contributed by atoms with Crippen molar-refractivity contribution in [2.24, 2.45) is 0 Å². The minimum absolute atomic E-state index is 0.167. The Morgan fingerprint density at radius 1 is 1.21 bits per heavy atom. The second-order valence-corrected chi connectivity index (χ2v) is 7.59. The Bertz CT molecular complexity index is 1390. The largest absolute Gasteiger partial charge is 0.268 e. The van der Waals surface area contributed by atoms with Crippen LogP contribution in [0.5, 0.6) is 0 Å². The van der Waals surface area contributed by atoms with Crippen LogP contribution in [0.2, 0.25) is 5.02 Å². The smallest absolute Gasteiger partial charge is 0.267 e. The van der Waals surface area contributed by atoms with Crippen molar-refractivity contribution in [3.05, 3.63) is 75.4 Å². The number of rotatable bonds is 3. The van der Waals surface area contributed by atoms with E-state index < -0.39 is 0 Å². The summed E-state index contributed by atoms with van der Waals surface area (Å²) in [6.45, 7) is 2.05. The van der Waals surface area contributed by atoms with Crippen LogP contribution >= 0.6 is 22.9 Å². The fraction of sp³-hybridized carbons (Fsp3) is 0.100. The van der Waals surface area contributed by atoms with Gasteiger partial charge in [0.2, 0.25) is 0 Å². The summed E-state index contributed by atoms with van der Waals surface area (Å²) in [4.78, 5) is 21.8. The molecule has 28 heavy (non-hydrogen) atoms. The number of thiazole rings is 1. The number of nitrogens with zero attached hydrogens (tertiary/aromatic N) is 5. The SMILES string of the molecule is CCc1nn2c(ncc3c(=O)n(-c4nccs4)ccc32)c1-c1cccc(Cl)c1. The number of pyridine rings is 1. The highest BCUT2D eigenvalue weighted by molar-refractivity contribution is 7.12. The van der Waals surface area contributed by atoms with Gasteiger partial charge in [0.25, 0.3) is 5.56 Å². The van der Waals surface area contributed by atoms with Gasteiger partial charge in [-0.1, -0.05) is 30.7 Å². The number of hydrogen-bond acceptors (Lipinski definition) is 5. The van der Waals surface area contributed by atoms with Gasteiger partial charge in [0, 0.05) is 34.6 Å². The number of aromatic nitrogens is 5. The fourth-order valence-electron chi connectivity index (χ4n) is 3.39. The van der Waals surface area contributed by atoms with Gasteiger partial charge in [-0.2, -0.15) is 5.10 Å². The van der Waals surface area contributed by atoms with E-state index in [1.165, 1.54) is 15.9 Å². The molecule has 0 bridgehead atoms. The van der Waals surface area contributed by atoms with E-state index in [0.29, 0.717) is 26.7 Å². The van der Waals surface area contributed by atoms with Gasteiger partial charge in [0.15, 0.2) is 10.8 Å². The zero-order valence-electron chi connectivity index (χ0n) is 14.8. The molecule has 0 unspecified atom stereocenters. The molecule has 138 valence electrons. The summed E-state index contributed by atoms with van der Waals surface area (Å²) in [5.41, 5.74) is 4.06. The molecule has 0 aliphatic rings. The number of fused-ring (bicyclic) bond motifs is 3. The van der Waals surface area contributed by atoms with E-state index in [2.05, 4.69) is 9.97 Å². The number of hydrogen-bond donors (Lipinski definition) is 0. The summed E-state index contributed by atoms with van der Waals surface area (Å²) in [5, 5.41) is 8.37. The molecule has 0 aliphatic carbocycles. The Morgan fingerprint density at radius 3 is 2.86 bits per heavy atom. The Labute approximate surface area is 168 Å². The van der Waals surface area contributed by atoms with Crippen molar-refractivity contribution in [3.8, 4) is 16.3 Å². The highest BCUT2D eigenvalue weighted by Crippen LogP contribution is 2.31. The molecule has 0 spiro atoms. The van der Waals surface area contributed by atoms with Crippen LogP contribution in [0.15, 0.2) is 59.1 Å². The van der Waals surface area contributed by atoms with Crippen molar-refractivity contribution in [1.82, 2.24) is 24.1 Å². The van der Waals surface area contributed by atoms with Crippen LogP contribution < -0.4 is 5.56 Å². The van der Waals surface area contributed by atoms with Crippen molar-refractivity contribution < 1.29 is 0 Å². The van der Waals surface area contributed by atoms with Crippen molar-refractivity contribution in [2.75, 3.05) is 0 Å². The highest BCUT2D eigenvalue weighted by Gasteiger charge is 2.18. The normalized spacial score (nSPS) is 11.5. The third kappa shape index (κ3) is 2.55. The van der Waals surface area contributed by atoms with Crippen molar-refractivity contribution in [2.45, 2.75) is 13.3 Å². The molecule has 0 saturated carbocycles. The van der Waals surface area contributed by atoms with E-state index in [9.17, 15) is 4.79 Å². The molecule has 0 atom stereocenters. The minimum atomic E-state index is -0.167. The molecule has 0 radical (unpaired) electrons. The van der Waals surface area contributed by atoms with E-state index in [1.54, 1.807) is 23.1 Å². The quantitative estimate of drug-likeness (QED) is 0.445. The second-order valence-electron chi connectivity index (χ2n) is 6.28. The van der Waals surface area contributed by atoms with Gasteiger partial charge >= 0.3 is 0 Å². The molecular weight excluding hydrogens is 394 g/mol. The van der Waals surface area contributed by atoms with Crippen LogP contribution in [0, 0.1) is 0 Å². The summed E-state index contributed by atoms with van der Waals surface area (Å²) >= 11 is 7.60. The van der Waals surface area contributed by atoms with Crippen molar-refractivity contribution >= 4 is 39.5 Å². The molecule has 4 heterocycles. The van der Waals surface area contributed by atoms with Crippen LogP contribution in [0.3, 0.4) is 0 Å². The molecule has 0 amide bonds. The molecule has 4 aromatic heterocycles. The lowest BCUT2D eigenvalue weighted by molar-refractivity contribution is 0.908. The zero-order valence-corrected chi connectivity index (χ0v) is 16.4. The first-order valence-electron chi connectivity index (χ1n) is 8.75.